The third kappa shape index (κ3) is 3.08. The number of carbonyl (C=O) groups is 1. The zero-order valence-electron chi connectivity index (χ0n) is 13.6. The van der Waals surface area contributed by atoms with E-state index in [1.807, 2.05) is 24.4 Å². The number of piperidine rings is 1. The SMILES string of the molecule is C1NCC2CC12.O=CNc1cc2c(cc1Cl)C(=C1CCC1)NC=C2. The second-order valence-corrected chi connectivity index (χ2v) is 7.31. The largest absolute Gasteiger partial charge is 0.361 e. The van der Waals surface area contributed by atoms with Gasteiger partial charge in [0.1, 0.15) is 0 Å². The molecule has 0 aromatic heterocycles. The van der Waals surface area contributed by atoms with E-state index in [0.29, 0.717) is 17.1 Å². The Labute approximate surface area is 147 Å². The number of benzene rings is 1. The molecular formula is C19H22ClN3O. The monoisotopic (exact) mass is 343 g/mol. The number of hydrogen-bond acceptors (Lipinski definition) is 3. The average molecular weight is 344 g/mol. The maximum atomic E-state index is 10.5. The number of halogens is 1. The minimum atomic E-state index is 0.565. The first-order valence-corrected chi connectivity index (χ1v) is 9.04. The van der Waals surface area contributed by atoms with Gasteiger partial charge in [-0.05, 0) is 80.0 Å². The molecule has 2 aliphatic carbocycles. The summed E-state index contributed by atoms with van der Waals surface area (Å²) < 4.78 is 0. The summed E-state index contributed by atoms with van der Waals surface area (Å²) in [5.41, 5.74) is 5.48. The molecule has 1 aromatic rings. The zero-order valence-corrected chi connectivity index (χ0v) is 14.3. The van der Waals surface area contributed by atoms with Crippen LogP contribution in [-0.4, -0.2) is 19.5 Å². The summed E-state index contributed by atoms with van der Waals surface area (Å²) in [6.07, 6.45) is 9.66. The fraction of sp³-hybridized carbons (Fsp3) is 0.421. The van der Waals surface area contributed by atoms with Gasteiger partial charge >= 0.3 is 0 Å². The van der Waals surface area contributed by atoms with Crippen molar-refractivity contribution < 1.29 is 4.79 Å². The quantitative estimate of drug-likeness (QED) is 0.719. The van der Waals surface area contributed by atoms with Crippen molar-refractivity contribution in [3.8, 4) is 0 Å². The van der Waals surface area contributed by atoms with Crippen LogP contribution < -0.4 is 16.0 Å². The molecule has 1 aromatic carbocycles. The first kappa shape index (κ1) is 15.7. The number of nitrogens with one attached hydrogen (secondary N) is 3. The lowest BCUT2D eigenvalue weighted by Crippen LogP contribution is -2.15. The molecule has 0 radical (unpaired) electrons. The molecule has 4 aliphatic rings. The van der Waals surface area contributed by atoms with Gasteiger partial charge in [0, 0.05) is 17.5 Å². The smallest absolute Gasteiger partial charge is 0.211 e. The maximum Gasteiger partial charge on any atom is 0.211 e. The molecule has 0 bridgehead atoms. The highest BCUT2D eigenvalue weighted by atomic mass is 35.5. The van der Waals surface area contributed by atoms with Gasteiger partial charge in [-0.2, -0.15) is 0 Å². The van der Waals surface area contributed by atoms with Crippen LogP contribution in [0.5, 0.6) is 0 Å². The Morgan fingerprint density at radius 3 is 2.54 bits per heavy atom. The minimum absolute atomic E-state index is 0.565. The average Bonchev–Trinajstić information content (AvgIpc) is 3.14. The molecule has 4 nitrogen and oxygen atoms in total. The van der Waals surface area contributed by atoms with Gasteiger partial charge in [0.2, 0.25) is 6.41 Å². The second kappa shape index (κ2) is 6.61. The van der Waals surface area contributed by atoms with Crippen molar-refractivity contribution in [2.24, 2.45) is 11.8 Å². The minimum Gasteiger partial charge on any atom is -0.361 e. The molecule has 3 fully saturated rings. The fourth-order valence-electron chi connectivity index (χ4n) is 3.57. The molecule has 126 valence electrons. The molecule has 3 N–H and O–H groups in total. The van der Waals surface area contributed by atoms with Gasteiger partial charge in [-0.3, -0.25) is 4.79 Å². The lowest BCUT2D eigenvalue weighted by molar-refractivity contribution is -0.105. The van der Waals surface area contributed by atoms with Crippen LogP contribution in [0.25, 0.3) is 11.8 Å². The van der Waals surface area contributed by atoms with Crippen LogP contribution in [0.15, 0.2) is 23.9 Å². The van der Waals surface area contributed by atoms with E-state index in [1.165, 1.54) is 37.2 Å². The molecule has 2 aliphatic heterocycles. The van der Waals surface area contributed by atoms with Crippen LogP contribution in [0.3, 0.4) is 0 Å². The topological polar surface area (TPSA) is 53.2 Å². The van der Waals surface area contributed by atoms with E-state index >= 15 is 0 Å². The van der Waals surface area contributed by atoms with Crippen LogP contribution in [0.1, 0.15) is 36.8 Å². The summed E-state index contributed by atoms with van der Waals surface area (Å²) in [6.45, 7) is 2.62. The second-order valence-electron chi connectivity index (χ2n) is 6.91. The number of amides is 1. The van der Waals surface area contributed by atoms with Gasteiger partial charge in [0.25, 0.3) is 0 Å². The highest BCUT2D eigenvalue weighted by Gasteiger charge is 2.40. The first-order valence-electron chi connectivity index (χ1n) is 8.66. The van der Waals surface area contributed by atoms with E-state index in [1.54, 1.807) is 0 Å². The van der Waals surface area contributed by atoms with E-state index < -0.39 is 0 Å². The normalized spacial score (nSPS) is 25.5. The fourth-order valence-corrected chi connectivity index (χ4v) is 3.79. The summed E-state index contributed by atoms with van der Waals surface area (Å²) in [4.78, 5) is 10.5. The van der Waals surface area contributed by atoms with Gasteiger partial charge in [-0.15, -0.1) is 0 Å². The molecule has 5 heteroatoms. The van der Waals surface area contributed by atoms with Gasteiger partial charge in [0.05, 0.1) is 10.7 Å². The Morgan fingerprint density at radius 1 is 1.21 bits per heavy atom. The van der Waals surface area contributed by atoms with E-state index in [2.05, 4.69) is 16.0 Å². The molecule has 0 spiro atoms. The highest BCUT2D eigenvalue weighted by Crippen LogP contribution is 2.40. The molecule has 5 rings (SSSR count). The number of rotatable bonds is 2. The number of fused-ring (bicyclic) bond motifs is 2. The van der Waals surface area contributed by atoms with E-state index in [4.69, 9.17) is 11.6 Å². The Morgan fingerprint density at radius 2 is 2.00 bits per heavy atom. The Hall–Kier alpha value is -1.78. The summed E-state index contributed by atoms with van der Waals surface area (Å²) >= 11 is 6.18. The van der Waals surface area contributed by atoms with Crippen molar-refractivity contribution in [2.45, 2.75) is 25.7 Å². The predicted molar refractivity (Wildman–Crippen MR) is 98.5 cm³/mol. The third-order valence-electron chi connectivity index (χ3n) is 5.31. The molecule has 1 amide bonds. The van der Waals surface area contributed by atoms with Gasteiger partial charge in [-0.25, -0.2) is 0 Å². The first-order chi connectivity index (χ1) is 11.8. The molecule has 2 atom stereocenters. The summed E-state index contributed by atoms with van der Waals surface area (Å²) in [5, 5.41) is 9.81. The molecule has 2 heterocycles. The lowest BCUT2D eigenvalue weighted by atomic mass is 9.86. The number of allylic oxidation sites excluding steroid dienone is 1. The number of carbonyl (C=O) groups excluding carboxylic acids is 1. The molecular weight excluding hydrogens is 322 g/mol. The van der Waals surface area contributed by atoms with Crippen LogP contribution in [0.4, 0.5) is 5.69 Å². The standard InChI is InChI=1S/C14H13ClN2O.C5H9N/c15-12-7-11-10(6-13(12)17-8-18)4-5-16-14(11)9-2-1-3-9;1-4-2-6-3-5(1)4/h4-8,16H,1-3H2,(H,17,18);4-6H,1-3H2. The molecule has 1 saturated heterocycles. The van der Waals surface area contributed by atoms with Crippen molar-refractivity contribution in [1.82, 2.24) is 10.6 Å². The van der Waals surface area contributed by atoms with E-state index in [9.17, 15) is 4.79 Å². The van der Waals surface area contributed by atoms with Crippen LogP contribution in [0, 0.1) is 11.8 Å². The van der Waals surface area contributed by atoms with Crippen molar-refractivity contribution in [3.63, 3.8) is 0 Å². The van der Waals surface area contributed by atoms with Gasteiger partial charge < -0.3 is 16.0 Å². The van der Waals surface area contributed by atoms with Crippen LogP contribution in [-0.2, 0) is 4.79 Å². The van der Waals surface area contributed by atoms with E-state index in [0.717, 1.165) is 35.8 Å². The zero-order chi connectivity index (χ0) is 16.5. The van der Waals surface area contributed by atoms with Crippen molar-refractivity contribution >= 4 is 35.5 Å². The Kier molecular flexibility index (Phi) is 4.33. The van der Waals surface area contributed by atoms with Gasteiger partial charge in [0.15, 0.2) is 0 Å². The summed E-state index contributed by atoms with van der Waals surface area (Å²) in [7, 11) is 0. The van der Waals surface area contributed by atoms with Crippen molar-refractivity contribution in [2.75, 3.05) is 18.4 Å². The van der Waals surface area contributed by atoms with Gasteiger partial charge in [-0.1, -0.05) is 11.6 Å². The Balaban J connectivity index is 0.000000201. The molecule has 24 heavy (non-hydrogen) atoms. The van der Waals surface area contributed by atoms with Crippen LogP contribution >= 0.6 is 11.6 Å². The van der Waals surface area contributed by atoms with Crippen molar-refractivity contribution in [1.29, 1.82) is 0 Å². The number of hydrogen-bond donors (Lipinski definition) is 3. The molecule has 2 unspecified atom stereocenters. The third-order valence-corrected chi connectivity index (χ3v) is 5.62. The van der Waals surface area contributed by atoms with Crippen molar-refractivity contribution in [3.05, 3.63) is 40.1 Å². The number of anilines is 1. The lowest BCUT2D eigenvalue weighted by Gasteiger charge is -2.26. The summed E-state index contributed by atoms with van der Waals surface area (Å²) in [6, 6.07) is 3.82. The maximum absolute atomic E-state index is 10.5. The van der Waals surface area contributed by atoms with Crippen LogP contribution in [0.2, 0.25) is 5.02 Å². The predicted octanol–water partition coefficient (Wildman–Crippen LogP) is 3.60. The summed E-state index contributed by atoms with van der Waals surface area (Å²) in [5.74, 6) is 2.20. The Bertz CT molecular complexity index is 712. The van der Waals surface area contributed by atoms with E-state index in [-0.39, 0.29) is 0 Å². The highest BCUT2D eigenvalue weighted by molar-refractivity contribution is 6.33. The molecule has 2 saturated carbocycles.